The molecule has 2 aliphatic rings. The third-order valence-electron chi connectivity index (χ3n) is 4.88. The summed E-state index contributed by atoms with van der Waals surface area (Å²) in [6, 6.07) is 9.81. The number of nitrogens with one attached hydrogen (secondary N) is 1. The van der Waals surface area contributed by atoms with Crippen LogP contribution in [-0.4, -0.2) is 84.1 Å². The molecule has 0 unspecified atom stereocenters. The maximum atomic E-state index is 12.7. The molecule has 0 atom stereocenters. The third-order valence-corrected chi connectivity index (χ3v) is 4.88. The normalized spacial score (nSPS) is 18.6. The van der Waals surface area contributed by atoms with Crippen LogP contribution in [0.1, 0.15) is 10.5 Å². The Kier molecular flexibility index (Phi) is 4.31. The lowest BCUT2D eigenvalue weighted by Crippen LogP contribution is -2.55. The quantitative estimate of drug-likeness (QED) is 0.851. The van der Waals surface area contributed by atoms with Gasteiger partial charge in [0.2, 0.25) is 0 Å². The molecule has 0 saturated carbocycles. The van der Waals surface area contributed by atoms with Gasteiger partial charge in [-0.15, -0.1) is 0 Å². The molecular weight excluding hydrogens is 320 g/mol. The first-order chi connectivity index (χ1) is 12.2. The first kappa shape index (κ1) is 16.0. The summed E-state index contributed by atoms with van der Waals surface area (Å²) < 4.78 is 5.29. The summed E-state index contributed by atoms with van der Waals surface area (Å²) in [5.41, 5.74) is 1.57. The second-order valence-corrected chi connectivity index (χ2v) is 6.43. The van der Waals surface area contributed by atoms with Crippen molar-refractivity contribution in [2.45, 2.75) is 0 Å². The summed E-state index contributed by atoms with van der Waals surface area (Å²) in [4.78, 5) is 33.9. The van der Waals surface area contributed by atoms with Gasteiger partial charge in [0.05, 0.1) is 13.2 Å². The van der Waals surface area contributed by atoms with Gasteiger partial charge in [0.15, 0.2) is 0 Å². The highest BCUT2D eigenvalue weighted by Crippen LogP contribution is 2.17. The molecule has 0 bridgehead atoms. The van der Waals surface area contributed by atoms with Gasteiger partial charge >= 0.3 is 6.03 Å². The Bertz CT molecular complexity index is 740. The van der Waals surface area contributed by atoms with Crippen LogP contribution in [-0.2, 0) is 4.74 Å². The number of carbonyl (C=O) groups is 2. The fourth-order valence-corrected chi connectivity index (χ4v) is 3.41. The van der Waals surface area contributed by atoms with Crippen LogP contribution in [0.3, 0.4) is 0 Å². The van der Waals surface area contributed by atoms with Crippen LogP contribution in [0.2, 0.25) is 0 Å². The van der Waals surface area contributed by atoms with E-state index in [-0.39, 0.29) is 11.9 Å². The van der Waals surface area contributed by atoms with Crippen molar-refractivity contribution in [1.29, 1.82) is 0 Å². The standard InChI is InChI=1S/C18H22N4O3/c23-17(16-13-14-3-1-2-4-15(14)19-16)20-5-7-21(8-6-20)18(24)22-9-11-25-12-10-22/h1-4,13,19H,5-12H2. The summed E-state index contributed by atoms with van der Waals surface area (Å²) in [7, 11) is 0. The van der Waals surface area contributed by atoms with Gasteiger partial charge in [-0.2, -0.15) is 0 Å². The molecule has 2 fully saturated rings. The van der Waals surface area contributed by atoms with Crippen molar-refractivity contribution in [2.24, 2.45) is 0 Å². The van der Waals surface area contributed by atoms with Crippen molar-refractivity contribution < 1.29 is 14.3 Å². The lowest BCUT2D eigenvalue weighted by Gasteiger charge is -2.38. The van der Waals surface area contributed by atoms with Crippen LogP contribution in [0.25, 0.3) is 10.9 Å². The first-order valence-corrected chi connectivity index (χ1v) is 8.71. The van der Waals surface area contributed by atoms with Gasteiger partial charge in [0, 0.05) is 50.2 Å². The number of morpholine rings is 1. The number of amides is 3. The topological polar surface area (TPSA) is 68.9 Å². The largest absolute Gasteiger partial charge is 0.378 e. The maximum absolute atomic E-state index is 12.7. The highest BCUT2D eigenvalue weighted by atomic mass is 16.5. The minimum Gasteiger partial charge on any atom is -0.378 e. The number of benzene rings is 1. The second kappa shape index (κ2) is 6.76. The molecule has 7 heteroatoms. The Morgan fingerprint density at radius 2 is 1.52 bits per heavy atom. The molecule has 0 spiro atoms. The van der Waals surface area contributed by atoms with Crippen molar-refractivity contribution >= 4 is 22.8 Å². The molecule has 2 saturated heterocycles. The van der Waals surface area contributed by atoms with E-state index in [1.165, 1.54) is 0 Å². The Labute approximate surface area is 146 Å². The van der Waals surface area contributed by atoms with Crippen LogP contribution in [0, 0.1) is 0 Å². The number of hydrogen-bond acceptors (Lipinski definition) is 3. The lowest BCUT2D eigenvalue weighted by molar-refractivity contribution is 0.0362. The number of ether oxygens (including phenoxy) is 1. The number of H-pyrrole nitrogens is 1. The predicted octanol–water partition coefficient (Wildman–Crippen LogP) is 1.38. The van der Waals surface area contributed by atoms with E-state index in [0.29, 0.717) is 58.2 Å². The number of aromatic nitrogens is 1. The smallest absolute Gasteiger partial charge is 0.320 e. The van der Waals surface area contributed by atoms with Gasteiger partial charge in [-0.05, 0) is 12.1 Å². The highest BCUT2D eigenvalue weighted by Gasteiger charge is 2.28. The minimum atomic E-state index is -0.00493. The van der Waals surface area contributed by atoms with E-state index >= 15 is 0 Å². The van der Waals surface area contributed by atoms with E-state index in [9.17, 15) is 9.59 Å². The Hall–Kier alpha value is -2.54. The van der Waals surface area contributed by atoms with Gasteiger partial charge in [-0.1, -0.05) is 18.2 Å². The molecular formula is C18H22N4O3. The SMILES string of the molecule is O=C(c1cc2ccccc2[nH]1)N1CCN(C(=O)N2CCOCC2)CC1. The molecule has 0 radical (unpaired) electrons. The average Bonchev–Trinajstić information content (AvgIpc) is 3.12. The number of hydrogen-bond donors (Lipinski definition) is 1. The zero-order chi connectivity index (χ0) is 17.2. The van der Waals surface area contributed by atoms with Gasteiger partial charge < -0.3 is 24.4 Å². The van der Waals surface area contributed by atoms with E-state index in [0.717, 1.165) is 10.9 Å². The van der Waals surface area contributed by atoms with Crippen LogP contribution in [0.5, 0.6) is 0 Å². The second-order valence-electron chi connectivity index (χ2n) is 6.43. The Morgan fingerprint density at radius 3 is 2.24 bits per heavy atom. The molecule has 0 aliphatic carbocycles. The van der Waals surface area contributed by atoms with Crippen LogP contribution < -0.4 is 0 Å². The minimum absolute atomic E-state index is 0.00493. The van der Waals surface area contributed by atoms with Crippen LogP contribution in [0.15, 0.2) is 30.3 Å². The fourth-order valence-electron chi connectivity index (χ4n) is 3.41. The summed E-state index contributed by atoms with van der Waals surface area (Å²) in [6.07, 6.45) is 0. The molecule has 25 heavy (non-hydrogen) atoms. The fraction of sp³-hybridized carbons (Fsp3) is 0.444. The molecule has 7 nitrogen and oxygen atoms in total. The molecule has 1 aromatic heterocycles. The van der Waals surface area contributed by atoms with E-state index in [4.69, 9.17) is 4.74 Å². The summed E-state index contributed by atoms with van der Waals surface area (Å²) in [5.74, 6) is -0.00493. The van der Waals surface area contributed by atoms with Crippen LogP contribution >= 0.6 is 0 Å². The lowest BCUT2D eigenvalue weighted by atomic mass is 10.2. The Morgan fingerprint density at radius 1 is 0.880 bits per heavy atom. The number of carbonyl (C=O) groups excluding carboxylic acids is 2. The first-order valence-electron chi connectivity index (χ1n) is 8.71. The number of aromatic amines is 1. The summed E-state index contributed by atoms with van der Waals surface area (Å²) >= 11 is 0. The zero-order valence-corrected chi connectivity index (χ0v) is 14.1. The number of para-hydroxylation sites is 1. The molecule has 4 rings (SSSR count). The van der Waals surface area contributed by atoms with Crippen molar-refractivity contribution in [3.05, 3.63) is 36.0 Å². The van der Waals surface area contributed by atoms with E-state index in [2.05, 4.69) is 4.98 Å². The van der Waals surface area contributed by atoms with Gasteiger partial charge in [0.25, 0.3) is 5.91 Å². The molecule has 3 heterocycles. The number of urea groups is 1. The zero-order valence-electron chi connectivity index (χ0n) is 14.1. The molecule has 3 amide bonds. The third kappa shape index (κ3) is 3.19. The molecule has 2 aromatic rings. The van der Waals surface area contributed by atoms with E-state index < -0.39 is 0 Å². The predicted molar refractivity (Wildman–Crippen MR) is 93.6 cm³/mol. The van der Waals surface area contributed by atoms with Crippen LogP contribution in [0.4, 0.5) is 4.79 Å². The number of rotatable bonds is 1. The molecule has 132 valence electrons. The summed E-state index contributed by atoms with van der Waals surface area (Å²) in [6.45, 7) is 4.76. The number of piperazine rings is 1. The van der Waals surface area contributed by atoms with E-state index in [1.54, 1.807) is 0 Å². The molecule has 1 N–H and O–H groups in total. The van der Waals surface area contributed by atoms with Crippen molar-refractivity contribution in [2.75, 3.05) is 52.5 Å². The monoisotopic (exact) mass is 342 g/mol. The van der Waals surface area contributed by atoms with Crippen molar-refractivity contribution in [3.63, 3.8) is 0 Å². The van der Waals surface area contributed by atoms with Gasteiger partial charge in [0.1, 0.15) is 5.69 Å². The van der Waals surface area contributed by atoms with Crippen molar-refractivity contribution in [1.82, 2.24) is 19.7 Å². The average molecular weight is 342 g/mol. The Balaban J connectivity index is 1.37. The molecule has 1 aromatic carbocycles. The highest BCUT2D eigenvalue weighted by molar-refractivity contribution is 5.98. The summed E-state index contributed by atoms with van der Waals surface area (Å²) in [5, 5.41) is 1.03. The number of fused-ring (bicyclic) bond motifs is 1. The van der Waals surface area contributed by atoms with Gasteiger partial charge in [-0.3, -0.25) is 4.79 Å². The number of nitrogens with zero attached hydrogens (tertiary/aromatic N) is 3. The maximum Gasteiger partial charge on any atom is 0.320 e. The van der Waals surface area contributed by atoms with Crippen molar-refractivity contribution in [3.8, 4) is 0 Å². The van der Waals surface area contributed by atoms with Gasteiger partial charge in [-0.25, -0.2) is 4.79 Å². The van der Waals surface area contributed by atoms with E-state index in [1.807, 2.05) is 45.0 Å². The molecule has 2 aliphatic heterocycles.